The van der Waals surface area contributed by atoms with Crippen molar-refractivity contribution in [2.45, 2.75) is 12.8 Å². The van der Waals surface area contributed by atoms with Gasteiger partial charge < -0.3 is 20.1 Å². The van der Waals surface area contributed by atoms with Crippen LogP contribution in [0.15, 0.2) is 48.5 Å². The topological polar surface area (TPSA) is 76.7 Å². The van der Waals surface area contributed by atoms with Crippen molar-refractivity contribution in [1.29, 1.82) is 0 Å². The molecule has 0 aliphatic carbocycles. The van der Waals surface area contributed by atoms with E-state index in [4.69, 9.17) is 4.74 Å². The molecule has 138 valence electrons. The Balaban J connectivity index is 1.64. The number of carbonyl (C=O) groups is 2. The lowest BCUT2D eigenvalue weighted by Crippen LogP contribution is -2.27. The van der Waals surface area contributed by atoms with Crippen molar-refractivity contribution in [2.24, 2.45) is 0 Å². The molecule has 6 heteroatoms. The number of ether oxygens (including phenoxy) is 2. The van der Waals surface area contributed by atoms with E-state index in [0.717, 1.165) is 23.4 Å². The molecule has 0 aliphatic heterocycles. The Kier molecular flexibility index (Phi) is 7.49. The molecule has 0 unspecified atom stereocenters. The van der Waals surface area contributed by atoms with Gasteiger partial charge in [-0.05, 0) is 48.4 Å². The first-order valence-electron chi connectivity index (χ1n) is 8.44. The number of anilines is 1. The number of hydrogen-bond donors (Lipinski definition) is 2. The minimum atomic E-state index is -0.368. The van der Waals surface area contributed by atoms with E-state index in [1.807, 2.05) is 24.3 Å². The maximum atomic E-state index is 11.9. The van der Waals surface area contributed by atoms with Crippen LogP contribution in [0.25, 0.3) is 0 Å². The van der Waals surface area contributed by atoms with Crippen molar-refractivity contribution in [1.82, 2.24) is 5.32 Å². The first-order chi connectivity index (χ1) is 12.6. The quantitative estimate of drug-likeness (QED) is 0.676. The fraction of sp³-hybridized carbons (Fsp3) is 0.300. The van der Waals surface area contributed by atoms with Crippen molar-refractivity contribution >= 4 is 17.6 Å². The van der Waals surface area contributed by atoms with Crippen LogP contribution in [0, 0.1) is 0 Å². The van der Waals surface area contributed by atoms with Gasteiger partial charge in [-0.2, -0.15) is 0 Å². The zero-order valence-electron chi connectivity index (χ0n) is 15.1. The smallest absolute Gasteiger partial charge is 0.337 e. The van der Waals surface area contributed by atoms with Gasteiger partial charge in [0, 0.05) is 25.2 Å². The van der Waals surface area contributed by atoms with E-state index >= 15 is 0 Å². The van der Waals surface area contributed by atoms with Crippen LogP contribution in [-0.4, -0.2) is 39.2 Å². The maximum Gasteiger partial charge on any atom is 0.337 e. The Morgan fingerprint density at radius 3 is 2.23 bits per heavy atom. The summed E-state index contributed by atoms with van der Waals surface area (Å²) in [6.45, 7) is 1.12. The lowest BCUT2D eigenvalue weighted by atomic mass is 10.1. The lowest BCUT2D eigenvalue weighted by Gasteiger charge is -2.08. The number of nitrogens with one attached hydrogen (secondary N) is 2. The molecular weight excluding hydrogens is 332 g/mol. The van der Waals surface area contributed by atoms with Gasteiger partial charge >= 0.3 is 5.97 Å². The van der Waals surface area contributed by atoms with E-state index in [-0.39, 0.29) is 11.9 Å². The van der Waals surface area contributed by atoms with E-state index in [2.05, 4.69) is 15.4 Å². The lowest BCUT2D eigenvalue weighted by molar-refractivity contribution is -0.120. The standard InChI is InChI=1S/C20H24N2O4/c1-25-18-9-3-15(4-10-18)11-13-22-19(23)12-14-21-17-7-5-16(6-8-17)20(24)26-2/h3-10,21H,11-14H2,1-2H3,(H,22,23). The molecule has 0 aromatic heterocycles. The molecule has 0 saturated heterocycles. The Morgan fingerprint density at radius 2 is 1.62 bits per heavy atom. The molecule has 0 fully saturated rings. The molecule has 0 heterocycles. The van der Waals surface area contributed by atoms with Crippen molar-refractivity contribution < 1.29 is 19.1 Å². The second-order valence-corrected chi connectivity index (χ2v) is 5.69. The number of esters is 1. The molecule has 2 N–H and O–H groups in total. The van der Waals surface area contributed by atoms with Gasteiger partial charge in [-0.1, -0.05) is 12.1 Å². The van der Waals surface area contributed by atoms with Crippen LogP contribution in [0.3, 0.4) is 0 Å². The largest absolute Gasteiger partial charge is 0.497 e. The summed E-state index contributed by atoms with van der Waals surface area (Å²) in [5.41, 5.74) is 2.49. The van der Waals surface area contributed by atoms with Crippen molar-refractivity contribution in [3.05, 3.63) is 59.7 Å². The third-order valence-electron chi connectivity index (χ3n) is 3.88. The highest BCUT2D eigenvalue weighted by Crippen LogP contribution is 2.12. The third kappa shape index (κ3) is 6.12. The number of rotatable bonds is 9. The van der Waals surface area contributed by atoms with E-state index in [9.17, 15) is 9.59 Å². The molecular formula is C20H24N2O4. The van der Waals surface area contributed by atoms with Crippen LogP contribution < -0.4 is 15.4 Å². The van der Waals surface area contributed by atoms with Gasteiger partial charge in [0.05, 0.1) is 19.8 Å². The number of hydrogen-bond acceptors (Lipinski definition) is 5. The zero-order valence-corrected chi connectivity index (χ0v) is 15.1. The molecule has 1 amide bonds. The molecule has 0 bridgehead atoms. The number of benzene rings is 2. The first-order valence-corrected chi connectivity index (χ1v) is 8.44. The minimum absolute atomic E-state index is 0.00260. The zero-order chi connectivity index (χ0) is 18.8. The number of methoxy groups -OCH3 is 2. The Hall–Kier alpha value is -3.02. The SMILES string of the molecule is COC(=O)c1ccc(NCCC(=O)NCCc2ccc(OC)cc2)cc1. The highest BCUT2D eigenvalue weighted by molar-refractivity contribution is 5.89. The predicted octanol–water partition coefficient (Wildman–Crippen LogP) is 2.64. The normalized spacial score (nSPS) is 10.1. The van der Waals surface area contributed by atoms with Gasteiger partial charge in [0.2, 0.25) is 5.91 Å². The fourth-order valence-corrected chi connectivity index (χ4v) is 2.39. The van der Waals surface area contributed by atoms with Crippen LogP contribution in [0.2, 0.25) is 0 Å². The highest BCUT2D eigenvalue weighted by atomic mass is 16.5. The molecule has 2 aromatic carbocycles. The van der Waals surface area contributed by atoms with Crippen LogP contribution in [-0.2, 0) is 16.0 Å². The van der Waals surface area contributed by atoms with Gasteiger partial charge in [-0.15, -0.1) is 0 Å². The Bertz CT molecular complexity index is 712. The van der Waals surface area contributed by atoms with E-state index in [1.54, 1.807) is 31.4 Å². The Labute approximate surface area is 153 Å². The van der Waals surface area contributed by atoms with Gasteiger partial charge in [0.1, 0.15) is 5.75 Å². The molecule has 0 aliphatic rings. The first kappa shape index (κ1) is 19.3. The van der Waals surface area contributed by atoms with Crippen molar-refractivity contribution in [3.8, 4) is 5.75 Å². The average molecular weight is 356 g/mol. The predicted molar refractivity (Wildman–Crippen MR) is 101 cm³/mol. The van der Waals surface area contributed by atoms with Crippen molar-refractivity contribution in [2.75, 3.05) is 32.6 Å². The van der Waals surface area contributed by atoms with Crippen LogP contribution in [0.4, 0.5) is 5.69 Å². The van der Waals surface area contributed by atoms with E-state index < -0.39 is 0 Å². The molecule has 0 spiro atoms. The second kappa shape index (κ2) is 10.1. The molecule has 2 aromatic rings. The van der Waals surface area contributed by atoms with E-state index in [0.29, 0.717) is 25.1 Å². The van der Waals surface area contributed by atoms with Gasteiger partial charge in [-0.25, -0.2) is 4.79 Å². The molecule has 0 saturated carbocycles. The van der Waals surface area contributed by atoms with Crippen molar-refractivity contribution in [3.63, 3.8) is 0 Å². The average Bonchev–Trinajstić information content (AvgIpc) is 2.68. The molecule has 2 rings (SSSR count). The monoisotopic (exact) mass is 356 g/mol. The van der Waals surface area contributed by atoms with E-state index in [1.165, 1.54) is 7.11 Å². The van der Waals surface area contributed by atoms with Crippen LogP contribution >= 0.6 is 0 Å². The maximum absolute atomic E-state index is 11.9. The molecule has 0 atom stereocenters. The van der Waals surface area contributed by atoms with Crippen LogP contribution in [0.1, 0.15) is 22.3 Å². The van der Waals surface area contributed by atoms with Gasteiger partial charge in [-0.3, -0.25) is 4.79 Å². The molecule has 26 heavy (non-hydrogen) atoms. The third-order valence-corrected chi connectivity index (χ3v) is 3.88. The Morgan fingerprint density at radius 1 is 0.923 bits per heavy atom. The minimum Gasteiger partial charge on any atom is -0.497 e. The highest BCUT2D eigenvalue weighted by Gasteiger charge is 2.05. The van der Waals surface area contributed by atoms with Crippen LogP contribution in [0.5, 0.6) is 5.75 Å². The summed E-state index contributed by atoms with van der Waals surface area (Å²) in [6, 6.07) is 14.7. The number of amides is 1. The fourth-order valence-electron chi connectivity index (χ4n) is 2.39. The summed E-state index contributed by atoms with van der Waals surface area (Å²) >= 11 is 0. The summed E-state index contributed by atoms with van der Waals surface area (Å²) in [7, 11) is 2.98. The number of carbonyl (C=O) groups excluding carboxylic acids is 2. The second-order valence-electron chi connectivity index (χ2n) is 5.69. The van der Waals surface area contributed by atoms with Gasteiger partial charge in [0.15, 0.2) is 0 Å². The summed E-state index contributed by atoms with van der Waals surface area (Å²) in [5.74, 6) is 0.452. The molecule has 6 nitrogen and oxygen atoms in total. The summed E-state index contributed by atoms with van der Waals surface area (Å²) in [4.78, 5) is 23.2. The summed E-state index contributed by atoms with van der Waals surface area (Å²) in [5, 5.41) is 6.06. The summed E-state index contributed by atoms with van der Waals surface area (Å²) < 4.78 is 9.77. The molecule has 0 radical (unpaired) electrons. The summed E-state index contributed by atoms with van der Waals surface area (Å²) in [6.07, 6.45) is 1.15. The van der Waals surface area contributed by atoms with Gasteiger partial charge in [0.25, 0.3) is 0 Å².